The Labute approximate surface area is 377 Å². The summed E-state index contributed by atoms with van der Waals surface area (Å²) in [4.78, 5) is 0. The highest BCUT2D eigenvalue weighted by Gasteiger charge is 2.21. The van der Waals surface area contributed by atoms with Crippen LogP contribution < -0.4 is 0 Å². The van der Waals surface area contributed by atoms with Crippen LogP contribution in [-0.4, -0.2) is 4.57 Å². The van der Waals surface area contributed by atoms with E-state index in [2.05, 4.69) is 253 Å². The summed E-state index contributed by atoms with van der Waals surface area (Å²) in [6.07, 6.45) is 0. The second kappa shape index (κ2) is 15.1. The quantitative estimate of drug-likeness (QED) is 0.147. The van der Waals surface area contributed by atoms with Crippen LogP contribution in [0.15, 0.2) is 249 Å². The Morgan fingerprint density at radius 2 is 0.477 bits per heavy atom. The first-order chi connectivity index (χ1) is 32.3. The van der Waals surface area contributed by atoms with E-state index in [1.807, 2.05) is 0 Å². The van der Waals surface area contributed by atoms with Crippen LogP contribution >= 0.6 is 0 Å². The topological polar surface area (TPSA) is 4.93 Å². The molecule has 0 aliphatic heterocycles. The molecule has 1 heterocycles. The van der Waals surface area contributed by atoms with Gasteiger partial charge < -0.3 is 4.57 Å². The third kappa shape index (κ3) is 6.01. The lowest BCUT2D eigenvalue weighted by Gasteiger charge is -2.20. The predicted molar refractivity (Wildman–Crippen MR) is 278 cm³/mol. The maximum atomic E-state index is 2.52. The van der Waals surface area contributed by atoms with Crippen molar-refractivity contribution < 1.29 is 0 Å². The number of rotatable bonds is 6. The van der Waals surface area contributed by atoms with E-state index in [0.717, 1.165) is 22.5 Å². The summed E-state index contributed by atoms with van der Waals surface area (Å²) >= 11 is 0. The van der Waals surface area contributed by atoms with Crippen molar-refractivity contribution in [3.05, 3.63) is 249 Å². The van der Waals surface area contributed by atoms with Crippen LogP contribution in [0.4, 0.5) is 0 Å². The van der Waals surface area contributed by atoms with Crippen molar-refractivity contribution in [3.63, 3.8) is 0 Å². The van der Waals surface area contributed by atoms with Gasteiger partial charge in [-0.15, -0.1) is 0 Å². The third-order valence-corrected chi connectivity index (χ3v) is 13.6. The molecular formula is C64H41N. The summed E-state index contributed by atoms with van der Waals surface area (Å²) in [6, 6.07) is 91.6. The molecule has 0 N–H and O–H groups in total. The predicted octanol–water partition coefficient (Wildman–Crippen LogP) is 17.7. The van der Waals surface area contributed by atoms with Crippen molar-refractivity contribution in [1.82, 2.24) is 4.57 Å². The number of hydrogen-bond donors (Lipinski definition) is 0. The Morgan fingerprint density at radius 3 is 0.877 bits per heavy atom. The minimum Gasteiger partial charge on any atom is -0.308 e. The second-order valence-corrected chi connectivity index (χ2v) is 17.2. The lowest BCUT2D eigenvalue weighted by Crippen LogP contribution is -2.02. The van der Waals surface area contributed by atoms with Gasteiger partial charge in [0.25, 0.3) is 0 Å². The van der Waals surface area contributed by atoms with E-state index in [1.54, 1.807) is 0 Å². The molecule has 0 aliphatic rings. The molecule has 0 saturated heterocycles. The van der Waals surface area contributed by atoms with Crippen molar-refractivity contribution in [2.75, 3.05) is 0 Å². The smallest absolute Gasteiger partial charge is 0.0618 e. The first-order valence-corrected chi connectivity index (χ1v) is 22.5. The molecule has 0 unspecified atom stereocenters. The molecule has 0 bridgehead atoms. The highest BCUT2D eigenvalue weighted by molar-refractivity contribution is 6.21. The van der Waals surface area contributed by atoms with E-state index in [4.69, 9.17) is 0 Å². The molecule has 12 aromatic carbocycles. The SMILES string of the molecule is c1ccc(-c2c3ccccc3c(-c3ccc(-c4ccc(-c5ccc(-c6c7ccccc7cc7ccccc67)cc5)n4-c4c5ccccc5cc5ccccc45)cc3)c3ccccc23)cc1. The van der Waals surface area contributed by atoms with Crippen LogP contribution in [0.3, 0.4) is 0 Å². The fourth-order valence-corrected chi connectivity index (χ4v) is 10.7. The number of nitrogens with zero attached hydrogens (tertiary/aromatic N) is 1. The Balaban J connectivity index is 1.01. The van der Waals surface area contributed by atoms with Crippen molar-refractivity contribution in [2.24, 2.45) is 0 Å². The van der Waals surface area contributed by atoms with E-state index >= 15 is 0 Å². The Bertz CT molecular complexity index is 3800. The van der Waals surface area contributed by atoms with Gasteiger partial charge in [0.1, 0.15) is 0 Å². The van der Waals surface area contributed by atoms with Crippen molar-refractivity contribution in [3.8, 4) is 61.6 Å². The average Bonchev–Trinajstić information content (AvgIpc) is 3.81. The zero-order chi connectivity index (χ0) is 42.8. The molecule has 1 heteroatoms. The number of benzene rings is 12. The summed E-state index contributed by atoms with van der Waals surface area (Å²) in [5.41, 5.74) is 13.3. The van der Waals surface area contributed by atoms with Gasteiger partial charge in [-0.2, -0.15) is 0 Å². The van der Waals surface area contributed by atoms with Gasteiger partial charge in [-0.05, 0) is 123 Å². The second-order valence-electron chi connectivity index (χ2n) is 17.2. The van der Waals surface area contributed by atoms with Gasteiger partial charge in [0.15, 0.2) is 0 Å². The molecule has 302 valence electrons. The number of aromatic nitrogens is 1. The van der Waals surface area contributed by atoms with Crippen molar-refractivity contribution >= 4 is 64.6 Å². The normalized spacial score (nSPS) is 11.7. The van der Waals surface area contributed by atoms with E-state index in [1.165, 1.54) is 104 Å². The first-order valence-electron chi connectivity index (χ1n) is 22.5. The Kier molecular flexibility index (Phi) is 8.60. The number of fused-ring (bicyclic) bond motifs is 6. The molecule has 1 nitrogen and oxygen atoms in total. The highest BCUT2D eigenvalue weighted by Crippen LogP contribution is 2.45. The molecule has 0 fully saturated rings. The van der Waals surface area contributed by atoms with Crippen LogP contribution in [0.1, 0.15) is 0 Å². The molecule has 0 amide bonds. The summed E-state index contributed by atoms with van der Waals surface area (Å²) in [6.45, 7) is 0. The van der Waals surface area contributed by atoms with Crippen LogP contribution in [0.25, 0.3) is 126 Å². The Hall–Kier alpha value is -8.52. The zero-order valence-electron chi connectivity index (χ0n) is 35.6. The van der Waals surface area contributed by atoms with E-state index in [-0.39, 0.29) is 0 Å². The van der Waals surface area contributed by atoms with Crippen molar-refractivity contribution in [2.45, 2.75) is 0 Å². The van der Waals surface area contributed by atoms with Gasteiger partial charge in [0.05, 0.1) is 17.1 Å². The third-order valence-electron chi connectivity index (χ3n) is 13.6. The zero-order valence-corrected chi connectivity index (χ0v) is 35.6. The van der Waals surface area contributed by atoms with Crippen molar-refractivity contribution in [1.29, 1.82) is 0 Å². The van der Waals surface area contributed by atoms with E-state index in [0.29, 0.717) is 0 Å². The molecule has 0 aliphatic carbocycles. The highest BCUT2D eigenvalue weighted by atomic mass is 15.0. The summed E-state index contributed by atoms with van der Waals surface area (Å²) in [7, 11) is 0. The standard InChI is InChI=1S/C64H41N/c1-2-16-44(17-3-1)62-55-26-12-14-28-57(55)63(58-29-15-13-27-56(58)62)46-36-32-43(33-37-46)60-39-38-59(65(60)64-53-24-10-6-20-49(53)41-50-21-7-11-25-54(50)64)42-30-34-45(35-31-42)61-51-22-8-4-18-47(51)40-48-19-5-9-23-52(48)61/h1-41H. The Morgan fingerprint density at radius 1 is 0.200 bits per heavy atom. The largest absolute Gasteiger partial charge is 0.308 e. The van der Waals surface area contributed by atoms with E-state index in [9.17, 15) is 0 Å². The lowest BCUT2D eigenvalue weighted by molar-refractivity contribution is 1.12. The molecule has 13 aromatic rings. The van der Waals surface area contributed by atoms with Gasteiger partial charge in [-0.25, -0.2) is 0 Å². The fraction of sp³-hybridized carbons (Fsp3) is 0. The molecule has 65 heavy (non-hydrogen) atoms. The average molecular weight is 824 g/mol. The maximum absolute atomic E-state index is 2.52. The molecule has 0 radical (unpaired) electrons. The molecular weight excluding hydrogens is 783 g/mol. The summed E-state index contributed by atoms with van der Waals surface area (Å²) in [5, 5.41) is 15.0. The molecule has 0 spiro atoms. The minimum absolute atomic E-state index is 1.14. The van der Waals surface area contributed by atoms with Gasteiger partial charge in [-0.3, -0.25) is 0 Å². The van der Waals surface area contributed by atoms with Gasteiger partial charge in [-0.1, -0.05) is 224 Å². The van der Waals surface area contributed by atoms with Gasteiger partial charge in [0, 0.05) is 10.8 Å². The molecule has 13 rings (SSSR count). The minimum atomic E-state index is 1.14. The van der Waals surface area contributed by atoms with E-state index < -0.39 is 0 Å². The summed E-state index contributed by atoms with van der Waals surface area (Å²) in [5.74, 6) is 0. The summed E-state index contributed by atoms with van der Waals surface area (Å²) < 4.78 is 2.52. The fourth-order valence-electron chi connectivity index (χ4n) is 10.7. The lowest BCUT2D eigenvalue weighted by atomic mass is 9.86. The maximum Gasteiger partial charge on any atom is 0.0618 e. The molecule has 0 atom stereocenters. The number of hydrogen-bond acceptors (Lipinski definition) is 0. The monoisotopic (exact) mass is 823 g/mol. The first kappa shape index (κ1) is 37.1. The van der Waals surface area contributed by atoms with Crippen LogP contribution in [-0.2, 0) is 0 Å². The molecule has 0 saturated carbocycles. The molecule has 1 aromatic heterocycles. The van der Waals surface area contributed by atoms with Gasteiger partial charge >= 0.3 is 0 Å². The van der Waals surface area contributed by atoms with Crippen LogP contribution in [0.2, 0.25) is 0 Å². The van der Waals surface area contributed by atoms with Crippen LogP contribution in [0.5, 0.6) is 0 Å². The van der Waals surface area contributed by atoms with Crippen LogP contribution in [0, 0.1) is 0 Å². The van der Waals surface area contributed by atoms with Gasteiger partial charge in [0.2, 0.25) is 0 Å².